The highest BCUT2D eigenvalue weighted by molar-refractivity contribution is 6.42. The minimum atomic E-state index is 0.233. The van der Waals surface area contributed by atoms with Crippen LogP contribution in [0.15, 0.2) is 18.2 Å². The number of halogens is 2. The molecule has 3 nitrogen and oxygen atoms in total. The van der Waals surface area contributed by atoms with Crippen LogP contribution in [-0.2, 0) is 11.3 Å². The molecule has 0 aliphatic carbocycles. The number of hydrogen-bond donors (Lipinski definition) is 1. The molecule has 1 amide bonds. The summed E-state index contributed by atoms with van der Waals surface area (Å²) in [5.74, 6) is 0.259. The largest absolute Gasteiger partial charge is 0.341 e. The summed E-state index contributed by atoms with van der Waals surface area (Å²) in [6, 6.07) is 5.85. The third-order valence-electron chi connectivity index (χ3n) is 3.34. The predicted octanol–water partition coefficient (Wildman–Crippen LogP) is 3.09. The lowest BCUT2D eigenvalue weighted by Crippen LogP contribution is -2.39. The van der Waals surface area contributed by atoms with Crippen molar-refractivity contribution < 1.29 is 4.79 Å². The van der Waals surface area contributed by atoms with Crippen molar-refractivity contribution in [1.82, 2.24) is 10.2 Å². The Labute approximate surface area is 123 Å². The lowest BCUT2D eigenvalue weighted by molar-refractivity contribution is -0.127. The molecule has 0 aromatic heterocycles. The minimum Gasteiger partial charge on any atom is -0.341 e. The van der Waals surface area contributed by atoms with E-state index in [2.05, 4.69) is 12.2 Å². The third kappa shape index (κ3) is 3.85. The summed E-state index contributed by atoms with van der Waals surface area (Å²) in [5.41, 5.74) is 0.980. The van der Waals surface area contributed by atoms with Crippen LogP contribution in [0.3, 0.4) is 0 Å². The van der Waals surface area contributed by atoms with Crippen LogP contribution in [0.1, 0.15) is 25.3 Å². The summed E-state index contributed by atoms with van der Waals surface area (Å²) in [6.45, 7) is 4.35. The standard InChI is InChI=1S/C14H18Cl2N2O/c1-10(9-18-7-3-6-13(18)19)17-8-11-4-2-5-12(15)14(11)16/h2,4-5,10,17H,3,6-9H2,1H3. The maximum Gasteiger partial charge on any atom is 0.222 e. The van der Waals surface area contributed by atoms with Crippen molar-refractivity contribution in [1.29, 1.82) is 0 Å². The maximum absolute atomic E-state index is 11.5. The van der Waals surface area contributed by atoms with Crippen LogP contribution in [0.2, 0.25) is 10.0 Å². The first-order valence-electron chi connectivity index (χ1n) is 6.52. The number of nitrogens with one attached hydrogen (secondary N) is 1. The Morgan fingerprint density at radius 1 is 1.42 bits per heavy atom. The van der Waals surface area contributed by atoms with Gasteiger partial charge in [-0.3, -0.25) is 4.79 Å². The smallest absolute Gasteiger partial charge is 0.222 e. The zero-order valence-electron chi connectivity index (χ0n) is 11.0. The molecule has 1 aromatic rings. The number of nitrogens with zero attached hydrogens (tertiary/aromatic N) is 1. The highest BCUT2D eigenvalue weighted by Crippen LogP contribution is 2.25. The second-order valence-electron chi connectivity index (χ2n) is 4.94. The van der Waals surface area contributed by atoms with Crippen molar-refractivity contribution >= 4 is 29.1 Å². The number of carbonyl (C=O) groups excluding carboxylic acids is 1. The average molecular weight is 301 g/mol. The monoisotopic (exact) mass is 300 g/mol. The van der Waals surface area contributed by atoms with E-state index in [1.54, 1.807) is 6.07 Å². The first-order valence-corrected chi connectivity index (χ1v) is 7.27. The van der Waals surface area contributed by atoms with E-state index in [9.17, 15) is 4.79 Å². The summed E-state index contributed by atoms with van der Waals surface area (Å²) in [4.78, 5) is 13.5. The topological polar surface area (TPSA) is 32.3 Å². The molecule has 1 atom stereocenters. The van der Waals surface area contributed by atoms with Gasteiger partial charge in [-0.2, -0.15) is 0 Å². The van der Waals surface area contributed by atoms with E-state index in [1.807, 2.05) is 17.0 Å². The van der Waals surface area contributed by atoms with Gasteiger partial charge in [0.25, 0.3) is 0 Å². The van der Waals surface area contributed by atoms with Crippen molar-refractivity contribution in [2.24, 2.45) is 0 Å². The molecule has 0 radical (unpaired) electrons. The Bertz CT molecular complexity index is 465. The van der Waals surface area contributed by atoms with Gasteiger partial charge in [-0.25, -0.2) is 0 Å². The maximum atomic E-state index is 11.5. The average Bonchev–Trinajstić information content (AvgIpc) is 2.77. The molecular weight excluding hydrogens is 283 g/mol. The van der Waals surface area contributed by atoms with Gasteiger partial charge in [-0.1, -0.05) is 35.3 Å². The molecule has 1 unspecified atom stereocenters. The highest BCUT2D eigenvalue weighted by Gasteiger charge is 2.21. The van der Waals surface area contributed by atoms with Crippen molar-refractivity contribution in [3.63, 3.8) is 0 Å². The molecular formula is C14H18Cl2N2O. The van der Waals surface area contributed by atoms with E-state index in [1.165, 1.54) is 0 Å². The molecule has 2 rings (SSSR count). The van der Waals surface area contributed by atoms with Gasteiger partial charge in [0.15, 0.2) is 0 Å². The number of carbonyl (C=O) groups is 1. The molecule has 1 heterocycles. The fourth-order valence-corrected chi connectivity index (χ4v) is 2.65. The van der Waals surface area contributed by atoms with Crippen LogP contribution in [-0.4, -0.2) is 29.9 Å². The van der Waals surface area contributed by atoms with E-state index >= 15 is 0 Å². The SMILES string of the molecule is CC(CN1CCCC1=O)NCc1cccc(Cl)c1Cl. The first-order chi connectivity index (χ1) is 9.08. The molecule has 19 heavy (non-hydrogen) atoms. The molecule has 1 saturated heterocycles. The Morgan fingerprint density at radius 2 is 2.21 bits per heavy atom. The fraction of sp³-hybridized carbons (Fsp3) is 0.500. The van der Waals surface area contributed by atoms with Crippen LogP contribution in [0.4, 0.5) is 0 Å². The first kappa shape index (κ1) is 14.6. The number of hydrogen-bond acceptors (Lipinski definition) is 2. The van der Waals surface area contributed by atoms with Crippen LogP contribution in [0, 0.1) is 0 Å². The van der Waals surface area contributed by atoms with Gasteiger partial charge in [0.2, 0.25) is 5.91 Å². The molecule has 1 aliphatic rings. The molecule has 1 N–H and O–H groups in total. The van der Waals surface area contributed by atoms with Crippen LogP contribution in [0.5, 0.6) is 0 Å². The molecule has 1 aromatic carbocycles. The number of likely N-dealkylation sites (tertiary alicyclic amines) is 1. The zero-order chi connectivity index (χ0) is 13.8. The number of amides is 1. The fourth-order valence-electron chi connectivity index (χ4n) is 2.26. The summed E-state index contributed by atoms with van der Waals surface area (Å²) in [5, 5.41) is 4.55. The van der Waals surface area contributed by atoms with E-state index < -0.39 is 0 Å². The summed E-state index contributed by atoms with van der Waals surface area (Å²) >= 11 is 12.1. The van der Waals surface area contributed by atoms with Crippen molar-refractivity contribution in [3.8, 4) is 0 Å². The van der Waals surface area contributed by atoms with Gasteiger partial charge >= 0.3 is 0 Å². The van der Waals surface area contributed by atoms with E-state index in [0.717, 1.165) is 25.1 Å². The molecule has 0 spiro atoms. The second kappa shape index (κ2) is 6.60. The second-order valence-corrected chi connectivity index (χ2v) is 5.72. The number of benzene rings is 1. The normalized spacial score (nSPS) is 17.0. The highest BCUT2D eigenvalue weighted by atomic mass is 35.5. The Morgan fingerprint density at radius 3 is 2.89 bits per heavy atom. The van der Waals surface area contributed by atoms with Crippen LogP contribution in [0.25, 0.3) is 0 Å². The van der Waals surface area contributed by atoms with E-state index in [0.29, 0.717) is 23.0 Å². The van der Waals surface area contributed by atoms with Gasteiger partial charge in [-0.15, -0.1) is 0 Å². The summed E-state index contributed by atoms with van der Waals surface area (Å²) in [6.07, 6.45) is 1.67. The molecule has 1 fully saturated rings. The van der Waals surface area contributed by atoms with Gasteiger partial charge < -0.3 is 10.2 Å². The number of rotatable bonds is 5. The van der Waals surface area contributed by atoms with Crippen molar-refractivity contribution in [2.75, 3.05) is 13.1 Å². The van der Waals surface area contributed by atoms with Crippen LogP contribution >= 0.6 is 23.2 Å². The lowest BCUT2D eigenvalue weighted by atomic mass is 10.2. The third-order valence-corrected chi connectivity index (χ3v) is 4.20. The molecule has 1 aliphatic heterocycles. The lowest BCUT2D eigenvalue weighted by Gasteiger charge is -2.22. The van der Waals surface area contributed by atoms with E-state index in [-0.39, 0.29) is 11.9 Å². The van der Waals surface area contributed by atoms with Crippen LogP contribution < -0.4 is 5.32 Å². The van der Waals surface area contributed by atoms with Gasteiger partial charge in [0.05, 0.1) is 10.0 Å². The van der Waals surface area contributed by atoms with E-state index in [4.69, 9.17) is 23.2 Å². The quantitative estimate of drug-likeness (QED) is 0.906. The Hall–Kier alpha value is -0.770. The van der Waals surface area contributed by atoms with Crippen molar-refractivity contribution in [2.45, 2.75) is 32.4 Å². The van der Waals surface area contributed by atoms with Gasteiger partial charge in [0, 0.05) is 32.1 Å². The zero-order valence-corrected chi connectivity index (χ0v) is 12.5. The van der Waals surface area contributed by atoms with Gasteiger partial charge in [-0.05, 0) is 25.0 Å². The Balaban J connectivity index is 1.84. The van der Waals surface area contributed by atoms with Crippen molar-refractivity contribution in [3.05, 3.63) is 33.8 Å². The van der Waals surface area contributed by atoms with Gasteiger partial charge in [0.1, 0.15) is 0 Å². The molecule has 5 heteroatoms. The molecule has 104 valence electrons. The molecule has 0 bridgehead atoms. The minimum absolute atomic E-state index is 0.233. The Kier molecular flexibility index (Phi) is 5.08. The summed E-state index contributed by atoms with van der Waals surface area (Å²) < 4.78 is 0. The molecule has 0 saturated carbocycles. The summed E-state index contributed by atoms with van der Waals surface area (Å²) in [7, 11) is 0. The predicted molar refractivity (Wildman–Crippen MR) is 78.6 cm³/mol.